The quantitative estimate of drug-likeness (QED) is 0.430. The summed E-state index contributed by atoms with van der Waals surface area (Å²) in [5.74, 6) is 0.683. The van der Waals surface area contributed by atoms with Gasteiger partial charge in [0, 0.05) is 5.56 Å². The Morgan fingerprint density at radius 3 is 1.93 bits per heavy atom. The van der Waals surface area contributed by atoms with Crippen molar-refractivity contribution in [1.82, 2.24) is 4.98 Å². The second-order valence-electron chi connectivity index (χ2n) is 7.77. The monoisotopic (exact) mass is 411 g/mol. The highest BCUT2D eigenvalue weighted by molar-refractivity contribution is 6.99. The molecule has 0 radical (unpaired) electrons. The Bertz CT molecular complexity index is 871. The van der Waals surface area contributed by atoms with Gasteiger partial charge in [0.15, 0.2) is 0 Å². The van der Waals surface area contributed by atoms with Crippen LogP contribution >= 0.6 is 11.6 Å². The van der Waals surface area contributed by atoms with Crippen molar-refractivity contribution in [3.63, 3.8) is 0 Å². The SMILES string of the molecule is COc1cnc(Cl)cc1CO[Si](c1ccccc1)(c1ccccc1)C(C)(C)C. The van der Waals surface area contributed by atoms with Gasteiger partial charge in [-0.3, -0.25) is 0 Å². The van der Waals surface area contributed by atoms with Gasteiger partial charge < -0.3 is 9.16 Å². The van der Waals surface area contributed by atoms with E-state index in [1.807, 2.05) is 18.2 Å². The van der Waals surface area contributed by atoms with E-state index in [0.717, 1.165) is 5.56 Å². The molecule has 3 aromatic rings. The molecule has 0 saturated heterocycles. The fraction of sp³-hybridized carbons (Fsp3) is 0.261. The van der Waals surface area contributed by atoms with E-state index in [2.05, 4.69) is 74.3 Å². The minimum atomic E-state index is -2.60. The summed E-state index contributed by atoms with van der Waals surface area (Å²) in [7, 11) is -0.968. The van der Waals surface area contributed by atoms with Crippen molar-refractivity contribution in [2.24, 2.45) is 0 Å². The van der Waals surface area contributed by atoms with Crippen LogP contribution in [0, 0.1) is 0 Å². The van der Waals surface area contributed by atoms with Crippen LogP contribution in [0.4, 0.5) is 0 Å². The molecular formula is C23H26ClNO2Si. The summed E-state index contributed by atoms with van der Waals surface area (Å²) in [6.07, 6.45) is 1.65. The molecule has 0 aliphatic rings. The van der Waals surface area contributed by atoms with Crippen LogP contribution in [0.1, 0.15) is 26.3 Å². The molecule has 0 aliphatic carbocycles. The average molecular weight is 412 g/mol. The Kier molecular flexibility index (Phi) is 6.23. The number of ether oxygens (including phenoxy) is 1. The Labute approximate surface area is 173 Å². The van der Waals surface area contributed by atoms with Gasteiger partial charge in [-0.1, -0.05) is 93.0 Å². The van der Waals surface area contributed by atoms with Crippen molar-refractivity contribution in [3.05, 3.63) is 83.6 Å². The van der Waals surface area contributed by atoms with E-state index in [0.29, 0.717) is 17.5 Å². The number of halogens is 1. The van der Waals surface area contributed by atoms with Crippen molar-refractivity contribution in [2.45, 2.75) is 32.4 Å². The van der Waals surface area contributed by atoms with Gasteiger partial charge in [-0.05, 0) is 21.5 Å². The first kappa shape index (κ1) is 20.6. The Balaban J connectivity index is 2.13. The third-order valence-electron chi connectivity index (χ3n) is 5.00. The second kappa shape index (κ2) is 8.48. The maximum Gasteiger partial charge on any atom is 0.261 e. The van der Waals surface area contributed by atoms with Crippen molar-refractivity contribution in [2.75, 3.05) is 7.11 Å². The van der Waals surface area contributed by atoms with Gasteiger partial charge in [-0.15, -0.1) is 0 Å². The molecular weight excluding hydrogens is 386 g/mol. The zero-order chi connectivity index (χ0) is 20.2. The number of aromatic nitrogens is 1. The molecule has 1 aromatic heterocycles. The zero-order valence-electron chi connectivity index (χ0n) is 16.8. The molecule has 2 aromatic carbocycles. The van der Waals surface area contributed by atoms with Crippen LogP contribution in [0.5, 0.6) is 5.75 Å². The number of hydrogen-bond acceptors (Lipinski definition) is 3. The van der Waals surface area contributed by atoms with Gasteiger partial charge >= 0.3 is 0 Å². The molecule has 0 saturated carbocycles. The fourth-order valence-electron chi connectivity index (χ4n) is 3.70. The first-order valence-electron chi connectivity index (χ1n) is 9.32. The van der Waals surface area contributed by atoms with Crippen molar-refractivity contribution in [1.29, 1.82) is 0 Å². The van der Waals surface area contributed by atoms with E-state index in [1.165, 1.54) is 10.4 Å². The van der Waals surface area contributed by atoms with E-state index in [-0.39, 0.29) is 5.04 Å². The predicted octanol–water partition coefficient (Wildman–Crippen LogP) is 4.82. The van der Waals surface area contributed by atoms with Crippen LogP contribution in [-0.4, -0.2) is 20.4 Å². The maximum absolute atomic E-state index is 6.92. The predicted molar refractivity (Wildman–Crippen MR) is 118 cm³/mol. The van der Waals surface area contributed by atoms with E-state index >= 15 is 0 Å². The summed E-state index contributed by atoms with van der Waals surface area (Å²) in [5, 5.41) is 2.84. The lowest BCUT2D eigenvalue weighted by atomic mass is 10.2. The number of benzene rings is 2. The zero-order valence-corrected chi connectivity index (χ0v) is 18.5. The normalized spacial score (nSPS) is 12.0. The maximum atomic E-state index is 6.92. The number of hydrogen-bond donors (Lipinski definition) is 0. The minimum Gasteiger partial charge on any atom is -0.495 e. The summed E-state index contributed by atoms with van der Waals surface area (Å²) < 4.78 is 12.4. The fourth-order valence-corrected chi connectivity index (χ4v) is 8.41. The molecule has 0 N–H and O–H groups in total. The summed E-state index contributed by atoms with van der Waals surface area (Å²) in [5.41, 5.74) is 0.899. The molecule has 3 nitrogen and oxygen atoms in total. The Hall–Kier alpha value is -2.14. The number of methoxy groups -OCH3 is 1. The number of nitrogens with zero attached hydrogens (tertiary/aromatic N) is 1. The van der Waals surface area contributed by atoms with Gasteiger partial charge in [0.25, 0.3) is 8.32 Å². The van der Waals surface area contributed by atoms with E-state index in [1.54, 1.807) is 13.3 Å². The van der Waals surface area contributed by atoms with E-state index in [4.69, 9.17) is 20.8 Å². The van der Waals surface area contributed by atoms with Gasteiger partial charge in [0.2, 0.25) is 0 Å². The summed E-state index contributed by atoms with van der Waals surface area (Å²) in [4.78, 5) is 4.12. The van der Waals surface area contributed by atoms with Crippen molar-refractivity contribution < 1.29 is 9.16 Å². The Morgan fingerprint density at radius 2 is 1.46 bits per heavy atom. The summed E-state index contributed by atoms with van der Waals surface area (Å²) in [6.45, 7) is 7.18. The molecule has 3 rings (SSSR count). The van der Waals surface area contributed by atoms with Crippen LogP contribution in [0.3, 0.4) is 0 Å². The topological polar surface area (TPSA) is 31.4 Å². The first-order valence-corrected chi connectivity index (χ1v) is 11.6. The van der Waals surface area contributed by atoms with Crippen molar-refractivity contribution >= 4 is 30.3 Å². The highest BCUT2D eigenvalue weighted by atomic mass is 35.5. The van der Waals surface area contributed by atoms with Crippen LogP contribution in [0.15, 0.2) is 72.9 Å². The van der Waals surface area contributed by atoms with Gasteiger partial charge in [-0.2, -0.15) is 0 Å². The van der Waals surface area contributed by atoms with E-state index < -0.39 is 8.32 Å². The van der Waals surface area contributed by atoms with Gasteiger partial charge in [0.05, 0.1) is 19.9 Å². The smallest absolute Gasteiger partial charge is 0.261 e. The largest absolute Gasteiger partial charge is 0.495 e. The molecule has 1 heterocycles. The van der Waals surface area contributed by atoms with Gasteiger partial charge in [-0.25, -0.2) is 4.98 Å². The molecule has 0 aliphatic heterocycles. The highest BCUT2D eigenvalue weighted by Gasteiger charge is 2.50. The molecule has 5 heteroatoms. The molecule has 0 unspecified atom stereocenters. The molecule has 146 valence electrons. The van der Waals surface area contributed by atoms with Crippen molar-refractivity contribution in [3.8, 4) is 5.75 Å². The van der Waals surface area contributed by atoms with Crippen LogP contribution < -0.4 is 15.1 Å². The van der Waals surface area contributed by atoms with Gasteiger partial charge in [0.1, 0.15) is 10.9 Å². The lowest BCUT2D eigenvalue weighted by molar-refractivity contribution is 0.278. The average Bonchev–Trinajstić information content (AvgIpc) is 2.69. The number of pyridine rings is 1. The molecule has 0 bridgehead atoms. The van der Waals surface area contributed by atoms with Crippen LogP contribution in [0.2, 0.25) is 10.2 Å². The lowest BCUT2D eigenvalue weighted by Gasteiger charge is -2.43. The Morgan fingerprint density at radius 1 is 0.929 bits per heavy atom. The second-order valence-corrected chi connectivity index (χ2v) is 12.5. The molecule has 0 atom stereocenters. The highest BCUT2D eigenvalue weighted by Crippen LogP contribution is 2.37. The third kappa shape index (κ3) is 3.99. The number of rotatable bonds is 6. The first-order chi connectivity index (χ1) is 13.4. The standard InChI is InChI=1S/C23H26ClNO2Si/c1-23(2,3)28(19-11-7-5-8-12-19,20-13-9-6-10-14-20)27-17-18-15-22(24)25-16-21(18)26-4/h5-16H,17H2,1-4H3. The lowest BCUT2D eigenvalue weighted by Crippen LogP contribution is -2.66. The molecule has 0 amide bonds. The minimum absolute atomic E-state index is 0.0836. The molecule has 0 spiro atoms. The molecule has 0 fully saturated rings. The summed E-state index contributed by atoms with van der Waals surface area (Å²) in [6, 6.07) is 23.0. The third-order valence-corrected chi connectivity index (χ3v) is 10.2. The van der Waals surface area contributed by atoms with Crippen LogP contribution in [0.25, 0.3) is 0 Å². The summed E-state index contributed by atoms with van der Waals surface area (Å²) >= 11 is 6.14. The van der Waals surface area contributed by atoms with E-state index in [9.17, 15) is 0 Å². The molecule has 28 heavy (non-hydrogen) atoms. The van der Waals surface area contributed by atoms with Crippen LogP contribution in [-0.2, 0) is 11.0 Å².